The van der Waals surface area contributed by atoms with E-state index in [9.17, 15) is 27.9 Å². The first-order chi connectivity index (χ1) is 18.2. The first-order valence-electron chi connectivity index (χ1n) is 11.6. The predicted octanol–water partition coefficient (Wildman–Crippen LogP) is 6.82. The number of nitrogens with zero attached hydrogens (tertiary/aromatic N) is 2. The van der Waals surface area contributed by atoms with Crippen LogP contribution >= 0.6 is 0 Å². The predicted molar refractivity (Wildman–Crippen MR) is 139 cm³/mol. The third-order valence-electron chi connectivity index (χ3n) is 5.63. The molecule has 7 nitrogen and oxygen atoms in total. The lowest BCUT2D eigenvalue weighted by atomic mass is 10.1. The molecule has 4 aromatic rings. The van der Waals surface area contributed by atoms with Gasteiger partial charge in [-0.15, -0.1) is 0 Å². The number of hydrogen-bond donors (Lipinski definition) is 3. The molecule has 0 aliphatic rings. The molecule has 3 aromatic carbocycles. The largest absolute Gasteiger partial charge is 0.465 e. The molecule has 0 radical (unpaired) electrons. The zero-order valence-electron chi connectivity index (χ0n) is 19.9. The van der Waals surface area contributed by atoms with E-state index < -0.39 is 23.7 Å². The van der Waals surface area contributed by atoms with Crippen molar-refractivity contribution in [2.45, 2.75) is 12.6 Å². The Morgan fingerprint density at radius 1 is 0.868 bits per heavy atom. The van der Waals surface area contributed by atoms with Gasteiger partial charge >= 0.3 is 12.3 Å². The van der Waals surface area contributed by atoms with Gasteiger partial charge in [-0.2, -0.15) is 13.2 Å². The SMILES string of the molecule is O=C(Nc1ccc(N(CCc2ccccn2)C(=O)O)cc1)c1ccccc1Nc1cccc(C(F)(F)F)c1. The van der Waals surface area contributed by atoms with Gasteiger partial charge in [0.1, 0.15) is 0 Å². The zero-order valence-corrected chi connectivity index (χ0v) is 19.9. The van der Waals surface area contributed by atoms with Gasteiger partial charge < -0.3 is 15.7 Å². The second kappa shape index (κ2) is 11.5. The molecule has 3 N–H and O–H groups in total. The number of alkyl halides is 3. The summed E-state index contributed by atoms with van der Waals surface area (Å²) in [5.74, 6) is -0.488. The smallest absolute Gasteiger partial charge is 0.416 e. The highest BCUT2D eigenvalue weighted by Crippen LogP contribution is 2.32. The number of carboxylic acid groups (broad SMARTS) is 1. The fourth-order valence-electron chi connectivity index (χ4n) is 3.75. The van der Waals surface area contributed by atoms with E-state index in [1.165, 1.54) is 17.0 Å². The fourth-order valence-corrected chi connectivity index (χ4v) is 3.75. The first-order valence-corrected chi connectivity index (χ1v) is 11.6. The van der Waals surface area contributed by atoms with Crippen LogP contribution in [0.1, 0.15) is 21.6 Å². The Bertz CT molecular complexity index is 1410. The average Bonchev–Trinajstić information content (AvgIpc) is 2.90. The molecule has 194 valence electrons. The quantitative estimate of drug-likeness (QED) is 0.237. The molecule has 0 aliphatic heterocycles. The molecule has 0 fully saturated rings. The minimum Gasteiger partial charge on any atom is -0.465 e. The molecule has 1 aromatic heterocycles. The maximum absolute atomic E-state index is 13.1. The Balaban J connectivity index is 1.46. The van der Waals surface area contributed by atoms with E-state index in [0.717, 1.165) is 17.8 Å². The summed E-state index contributed by atoms with van der Waals surface area (Å²) < 4.78 is 39.2. The number of anilines is 4. The Morgan fingerprint density at radius 3 is 2.29 bits per heavy atom. The standard InChI is InChI=1S/C28H23F3N4O3/c29-28(30,31)19-6-5-8-22(18-19)33-25-10-2-1-9-24(25)26(36)34-21-11-13-23(14-12-21)35(27(37)38)17-15-20-7-3-4-16-32-20/h1-14,16,18,33H,15,17H2,(H,34,36)(H,37,38). The highest BCUT2D eigenvalue weighted by atomic mass is 19.4. The molecule has 0 spiro atoms. The van der Waals surface area contributed by atoms with Crippen LogP contribution in [0.15, 0.2) is 97.2 Å². The van der Waals surface area contributed by atoms with Gasteiger partial charge in [0.25, 0.3) is 5.91 Å². The number of rotatable bonds is 8. The molecule has 10 heteroatoms. The highest BCUT2D eigenvalue weighted by molar-refractivity contribution is 6.08. The Labute approximate surface area is 216 Å². The third-order valence-corrected chi connectivity index (χ3v) is 5.63. The van der Waals surface area contributed by atoms with Crippen LogP contribution in [0, 0.1) is 0 Å². The van der Waals surface area contributed by atoms with Gasteiger partial charge in [-0.25, -0.2) is 4.79 Å². The number of aromatic nitrogens is 1. The molecule has 4 rings (SSSR count). The van der Waals surface area contributed by atoms with Crippen LogP contribution in [0.25, 0.3) is 0 Å². The molecule has 2 amide bonds. The summed E-state index contributed by atoms with van der Waals surface area (Å²) in [6.45, 7) is 0.201. The fraction of sp³-hybridized carbons (Fsp3) is 0.107. The molecular weight excluding hydrogens is 497 g/mol. The molecule has 0 bridgehead atoms. The van der Waals surface area contributed by atoms with Crippen LogP contribution in [0.5, 0.6) is 0 Å². The van der Waals surface area contributed by atoms with E-state index in [-0.39, 0.29) is 17.8 Å². The van der Waals surface area contributed by atoms with E-state index >= 15 is 0 Å². The van der Waals surface area contributed by atoms with E-state index in [1.54, 1.807) is 60.8 Å². The van der Waals surface area contributed by atoms with Crippen LogP contribution < -0.4 is 15.5 Å². The van der Waals surface area contributed by atoms with E-state index in [4.69, 9.17) is 0 Å². The number of para-hydroxylation sites is 1. The van der Waals surface area contributed by atoms with Crippen LogP contribution in [-0.2, 0) is 12.6 Å². The monoisotopic (exact) mass is 520 g/mol. The molecule has 0 unspecified atom stereocenters. The Morgan fingerprint density at radius 2 is 1.61 bits per heavy atom. The summed E-state index contributed by atoms with van der Waals surface area (Å²) >= 11 is 0. The normalized spacial score (nSPS) is 11.0. The van der Waals surface area contributed by atoms with Crippen molar-refractivity contribution < 1.29 is 27.9 Å². The van der Waals surface area contributed by atoms with Crippen molar-refractivity contribution in [3.05, 3.63) is 114 Å². The maximum atomic E-state index is 13.1. The molecule has 38 heavy (non-hydrogen) atoms. The molecule has 0 aliphatic carbocycles. The topological polar surface area (TPSA) is 94.6 Å². The van der Waals surface area contributed by atoms with Gasteiger partial charge in [-0.1, -0.05) is 24.3 Å². The first kappa shape index (κ1) is 26.2. The summed E-state index contributed by atoms with van der Waals surface area (Å²) in [6.07, 6.45) is -3.53. The van der Waals surface area contributed by atoms with Gasteiger partial charge in [0.2, 0.25) is 0 Å². The lowest BCUT2D eigenvalue weighted by molar-refractivity contribution is -0.137. The number of nitrogens with one attached hydrogen (secondary N) is 2. The minimum absolute atomic E-state index is 0.184. The van der Waals surface area contributed by atoms with Crippen molar-refractivity contribution in [3.63, 3.8) is 0 Å². The van der Waals surface area contributed by atoms with E-state index in [0.29, 0.717) is 23.5 Å². The van der Waals surface area contributed by atoms with Crippen LogP contribution in [0.3, 0.4) is 0 Å². The lowest BCUT2D eigenvalue weighted by Crippen LogP contribution is -2.31. The van der Waals surface area contributed by atoms with Crippen molar-refractivity contribution >= 4 is 34.7 Å². The van der Waals surface area contributed by atoms with Crippen molar-refractivity contribution in [2.24, 2.45) is 0 Å². The minimum atomic E-state index is -4.49. The van der Waals surface area contributed by atoms with Crippen LogP contribution in [0.4, 0.5) is 40.7 Å². The summed E-state index contributed by atoms with van der Waals surface area (Å²) in [5.41, 5.74) is 1.54. The highest BCUT2D eigenvalue weighted by Gasteiger charge is 2.30. The summed E-state index contributed by atoms with van der Waals surface area (Å²) in [7, 11) is 0. The molecule has 1 heterocycles. The van der Waals surface area contributed by atoms with Crippen molar-refractivity contribution in [1.29, 1.82) is 0 Å². The Hall–Kier alpha value is -4.86. The summed E-state index contributed by atoms with van der Waals surface area (Å²) in [5, 5.41) is 15.3. The van der Waals surface area contributed by atoms with Crippen molar-refractivity contribution in [3.8, 4) is 0 Å². The summed E-state index contributed by atoms with van der Waals surface area (Å²) in [6, 6.07) is 22.9. The number of halogens is 3. The summed E-state index contributed by atoms with van der Waals surface area (Å²) in [4.78, 5) is 30.2. The van der Waals surface area contributed by atoms with Gasteiger partial charge in [0.05, 0.1) is 16.8 Å². The number of pyridine rings is 1. The molecule has 0 atom stereocenters. The number of carbonyl (C=O) groups is 2. The van der Waals surface area contributed by atoms with Gasteiger partial charge in [0, 0.05) is 41.9 Å². The second-order valence-corrected chi connectivity index (χ2v) is 8.26. The zero-order chi connectivity index (χ0) is 27.1. The number of hydrogen-bond acceptors (Lipinski definition) is 4. The number of carbonyl (C=O) groups excluding carboxylic acids is 1. The third kappa shape index (κ3) is 6.67. The number of amides is 2. The van der Waals surface area contributed by atoms with E-state index in [1.807, 2.05) is 12.1 Å². The van der Waals surface area contributed by atoms with Crippen molar-refractivity contribution in [1.82, 2.24) is 4.98 Å². The van der Waals surface area contributed by atoms with Gasteiger partial charge in [-0.05, 0) is 66.7 Å². The van der Waals surface area contributed by atoms with Crippen LogP contribution in [-0.4, -0.2) is 28.6 Å². The van der Waals surface area contributed by atoms with E-state index in [2.05, 4.69) is 15.6 Å². The van der Waals surface area contributed by atoms with Gasteiger partial charge in [-0.3, -0.25) is 14.7 Å². The lowest BCUT2D eigenvalue weighted by Gasteiger charge is -2.19. The Kier molecular flexibility index (Phi) is 7.91. The molecule has 0 saturated heterocycles. The average molecular weight is 521 g/mol. The maximum Gasteiger partial charge on any atom is 0.416 e. The van der Waals surface area contributed by atoms with Crippen LogP contribution in [0.2, 0.25) is 0 Å². The van der Waals surface area contributed by atoms with Crippen molar-refractivity contribution in [2.75, 3.05) is 22.1 Å². The molecule has 0 saturated carbocycles. The molecular formula is C28H23F3N4O3. The second-order valence-electron chi connectivity index (χ2n) is 8.26. The number of benzene rings is 3. The van der Waals surface area contributed by atoms with Gasteiger partial charge in [0.15, 0.2) is 0 Å².